The summed E-state index contributed by atoms with van der Waals surface area (Å²) >= 11 is 6.14. The summed E-state index contributed by atoms with van der Waals surface area (Å²) in [6, 6.07) is 3.35. The van der Waals surface area contributed by atoms with Gasteiger partial charge in [0.2, 0.25) is 0 Å². The van der Waals surface area contributed by atoms with Crippen LogP contribution < -0.4 is 5.73 Å². The standard InChI is InChI=1S/C14H16ClF2N3/c1-8-14(15)13(20(2)19-8)7-9(18)6-10-11(16)4-3-5-12(10)17/h3-5,9H,6-7,18H2,1-2H3. The average Bonchev–Trinajstić information content (AvgIpc) is 2.61. The highest BCUT2D eigenvalue weighted by Gasteiger charge is 2.17. The molecule has 1 unspecified atom stereocenters. The molecule has 0 spiro atoms. The first kappa shape index (κ1) is 14.9. The molecule has 2 aromatic rings. The Labute approximate surface area is 121 Å². The van der Waals surface area contributed by atoms with Crippen LogP contribution >= 0.6 is 11.6 Å². The number of aryl methyl sites for hydroxylation is 2. The van der Waals surface area contributed by atoms with Crippen molar-refractivity contribution < 1.29 is 8.78 Å². The summed E-state index contributed by atoms with van der Waals surface area (Å²) in [4.78, 5) is 0. The summed E-state index contributed by atoms with van der Waals surface area (Å²) in [6.07, 6.45) is 0.517. The Hall–Kier alpha value is -1.46. The van der Waals surface area contributed by atoms with Gasteiger partial charge in [-0.2, -0.15) is 5.10 Å². The van der Waals surface area contributed by atoms with Crippen LogP contribution in [0.5, 0.6) is 0 Å². The van der Waals surface area contributed by atoms with Crippen LogP contribution in [0, 0.1) is 18.6 Å². The van der Waals surface area contributed by atoms with Gasteiger partial charge in [-0.05, 0) is 25.5 Å². The molecule has 2 N–H and O–H groups in total. The van der Waals surface area contributed by atoms with Crippen LogP contribution in [0.4, 0.5) is 8.78 Å². The second-order valence-electron chi connectivity index (χ2n) is 4.84. The zero-order chi connectivity index (χ0) is 14.9. The molecular formula is C14H16ClF2N3. The fourth-order valence-corrected chi connectivity index (χ4v) is 2.45. The smallest absolute Gasteiger partial charge is 0.129 e. The summed E-state index contributed by atoms with van der Waals surface area (Å²) in [5.41, 5.74) is 7.49. The fourth-order valence-electron chi connectivity index (χ4n) is 2.21. The lowest BCUT2D eigenvalue weighted by atomic mass is 10.0. The lowest BCUT2D eigenvalue weighted by molar-refractivity contribution is 0.528. The van der Waals surface area contributed by atoms with Crippen LogP contribution in [-0.2, 0) is 19.9 Å². The Kier molecular flexibility index (Phi) is 4.40. The molecule has 1 aromatic heterocycles. The molecule has 0 radical (unpaired) electrons. The van der Waals surface area contributed by atoms with E-state index in [2.05, 4.69) is 5.10 Å². The first-order valence-electron chi connectivity index (χ1n) is 6.26. The minimum absolute atomic E-state index is 0.00927. The Morgan fingerprint density at radius 3 is 2.40 bits per heavy atom. The Morgan fingerprint density at radius 2 is 1.90 bits per heavy atom. The average molecular weight is 300 g/mol. The summed E-state index contributed by atoms with van der Waals surface area (Å²) in [5, 5.41) is 4.74. The molecule has 3 nitrogen and oxygen atoms in total. The summed E-state index contributed by atoms with van der Waals surface area (Å²) in [6.45, 7) is 1.80. The molecule has 1 heterocycles. The minimum atomic E-state index is -0.576. The van der Waals surface area contributed by atoms with Gasteiger partial charge in [-0.3, -0.25) is 4.68 Å². The summed E-state index contributed by atoms with van der Waals surface area (Å²) < 4.78 is 28.8. The Balaban J connectivity index is 2.15. The van der Waals surface area contributed by atoms with Crippen molar-refractivity contribution in [3.8, 4) is 0 Å². The highest BCUT2D eigenvalue weighted by Crippen LogP contribution is 2.22. The lowest BCUT2D eigenvalue weighted by Gasteiger charge is -2.13. The maximum Gasteiger partial charge on any atom is 0.129 e. The molecular weight excluding hydrogens is 284 g/mol. The van der Waals surface area contributed by atoms with E-state index in [0.717, 1.165) is 5.69 Å². The summed E-state index contributed by atoms with van der Waals surface area (Å²) in [5.74, 6) is -1.15. The monoisotopic (exact) mass is 299 g/mol. The van der Waals surface area contributed by atoms with E-state index in [-0.39, 0.29) is 12.0 Å². The van der Waals surface area contributed by atoms with Gasteiger partial charge in [0, 0.05) is 25.1 Å². The van der Waals surface area contributed by atoms with E-state index in [1.54, 1.807) is 18.7 Å². The first-order valence-corrected chi connectivity index (χ1v) is 6.64. The van der Waals surface area contributed by atoms with Gasteiger partial charge in [0.05, 0.1) is 16.4 Å². The van der Waals surface area contributed by atoms with E-state index in [1.807, 2.05) is 0 Å². The van der Waals surface area contributed by atoms with Gasteiger partial charge in [0.25, 0.3) is 0 Å². The number of hydrogen-bond acceptors (Lipinski definition) is 2. The third-order valence-electron chi connectivity index (χ3n) is 3.25. The van der Waals surface area contributed by atoms with Gasteiger partial charge in [0.15, 0.2) is 0 Å². The van der Waals surface area contributed by atoms with Crippen molar-refractivity contribution in [2.45, 2.75) is 25.8 Å². The van der Waals surface area contributed by atoms with Gasteiger partial charge in [0.1, 0.15) is 11.6 Å². The maximum absolute atomic E-state index is 13.6. The van der Waals surface area contributed by atoms with E-state index < -0.39 is 17.7 Å². The van der Waals surface area contributed by atoms with E-state index in [4.69, 9.17) is 17.3 Å². The molecule has 2 rings (SSSR count). The van der Waals surface area contributed by atoms with Gasteiger partial charge in [-0.15, -0.1) is 0 Å². The van der Waals surface area contributed by atoms with Gasteiger partial charge < -0.3 is 5.73 Å². The molecule has 1 atom stereocenters. The van der Waals surface area contributed by atoms with Crippen molar-refractivity contribution in [3.63, 3.8) is 0 Å². The van der Waals surface area contributed by atoms with Crippen LogP contribution in [0.15, 0.2) is 18.2 Å². The van der Waals surface area contributed by atoms with Crippen molar-refractivity contribution >= 4 is 11.6 Å². The predicted molar refractivity (Wildman–Crippen MR) is 74.7 cm³/mol. The van der Waals surface area contributed by atoms with Gasteiger partial charge in [-0.1, -0.05) is 17.7 Å². The summed E-state index contributed by atoms with van der Waals surface area (Å²) in [7, 11) is 1.77. The topological polar surface area (TPSA) is 43.8 Å². The van der Waals surface area contributed by atoms with Crippen LogP contribution in [0.3, 0.4) is 0 Å². The zero-order valence-electron chi connectivity index (χ0n) is 11.3. The van der Waals surface area contributed by atoms with Gasteiger partial charge >= 0.3 is 0 Å². The second-order valence-corrected chi connectivity index (χ2v) is 5.22. The number of halogens is 3. The van der Waals surface area contributed by atoms with Crippen molar-refractivity contribution in [2.24, 2.45) is 12.8 Å². The number of nitrogens with two attached hydrogens (primary N) is 1. The highest BCUT2D eigenvalue weighted by atomic mass is 35.5. The third-order valence-corrected chi connectivity index (χ3v) is 3.74. The molecule has 0 aliphatic heterocycles. The van der Waals surface area contributed by atoms with E-state index >= 15 is 0 Å². The van der Waals surface area contributed by atoms with Crippen molar-refractivity contribution in [1.82, 2.24) is 9.78 Å². The van der Waals surface area contributed by atoms with Crippen LogP contribution in [-0.4, -0.2) is 15.8 Å². The molecule has 108 valence electrons. The molecule has 0 amide bonds. The SMILES string of the molecule is Cc1nn(C)c(CC(N)Cc2c(F)cccc2F)c1Cl. The first-order chi connectivity index (χ1) is 9.40. The number of benzene rings is 1. The second kappa shape index (κ2) is 5.89. The third kappa shape index (κ3) is 2.99. The Bertz CT molecular complexity index is 605. The van der Waals surface area contributed by atoms with E-state index in [0.29, 0.717) is 17.1 Å². The van der Waals surface area contributed by atoms with E-state index in [9.17, 15) is 8.78 Å². The predicted octanol–water partition coefficient (Wildman–Crippen LogP) is 2.77. The molecule has 20 heavy (non-hydrogen) atoms. The highest BCUT2D eigenvalue weighted by molar-refractivity contribution is 6.31. The minimum Gasteiger partial charge on any atom is -0.327 e. The van der Waals surface area contributed by atoms with Gasteiger partial charge in [-0.25, -0.2) is 8.78 Å². The number of rotatable bonds is 4. The Morgan fingerprint density at radius 1 is 1.30 bits per heavy atom. The van der Waals surface area contributed by atoms with Crippen molar-refractivity contribution in [2.75, 3.05) is 0 Å². The molecule has 0 saturated heterocycles. The number of hydrogen-bond donors (Lipinski definition) is 1. The molecule has 0 bridgehead atoms. The molecule has 0 aliphatic carbocycles. The number of aromatic nitrogens is 2. The molecule has 6 heteroatoms. The number of nitrogens with zero attached hydrogens (tertiary/aromatic N) is 2. The van der Waals surface area contributed by atoms with Crippen LogP contribution in [0.2, 0.25) is 5.02 Å². The zero-order valence-corrected chi connectivity index (χ0v) is 12.1. The quantitative estimate of drug-likeness (QED) is 0.943. The van der Waals surface area contributed by atoms with Crippen LogP contribution in [0.25, 0.3) is 0 Å². The van der Waals surface area contributed by atoms with Crippen molar-refractivity contribution in [1.29, 1.82) is 0 Å². The largest absolute Gasteiger partial charge is 0.327 e. The maximum atomic E-state index is 13.6. The molecule has 0 aliphatic rings. The fraction of sp³-hybridized carbons (Fsp3) is 0.357. The van der Waals surface area contributed by atoms with Crippen LogP contribution in [0.1, 0.15) is 17.0 Å². The molecule has 0 fully saturated rings. The lowest BCUT2D eigenvalue weighted by Crippen LogP contribution is -2.27. The molecule has 1 aromatic carbocycles. The normalized spacial score (nSPS) is 12.7. The molecule has 0 saturated carbocycles. The van der Waals surface area contributed by atoms with Crippen molar-refractivity contribution in [3.05, 3.63) is 51.8 Å². The van der Waals surface area contributed by atoms with E-state index in [1.165, 1.54) is 18.2 Å².